The highest BCUT2D eigenvalue weighted by Crippen LogP contribution is 2.28. The summed E-state index contributed by atoms with van der Waals surface area (Å²) in [5, 5.41) is 2.87. The van der Waals surface area contributed by atoms with Gasteiger partial charge < -0.3 is 10.2 Å². The first kappa shape index (κ1) is 13.6. The molecule has 0 atom stereocenters. The van der Waals surface area contributed by atoms with Gasteiger partial charge in [-0.05, 0) is 45.7 Å². The number of urea groups is 1. The first-order valence-corrected chi connectivity index (χ1v) is 6.60. The van der Waals surface area contributed by atoms with Gasteiger partial charge in [0.2, 0.25) is 0 Å². The van der Waals surface area contributed by atoms with Crippen LogP contribution in [0.1, 0.15) is 44.0 Å². The van der Waals surface area contributed by atoms with Crippen LogP contribution < -0.4 is 5.32 Å². The summed E-state index contributed by atoms with van der Waals surface area (Å²) in [4.78, 5) is 25.4. The van der Waals surface area contributed by atoms with E-state index in [1.165, 1.54) is 6.92 Å². The van der Waals surface area contributed by atoms with Crippen molar-refractivity contribution in [3.05, 3.63) is 29.8 Å². The van der Waals surface area contributed by atoms with E-state index in [-0.39, 0.29) is 17.4 Å². The van der Waals surface area contributed by atoms with E-state index in [1.54, 1.807) is 24.3 Å². The molecule has 1 saturated heterocycles. The monoisotopic (exact) mass is 260 g/mol. The van der Waals surface area contributed by atoms with E-state index in [0.717, 1.165) is 19.4 Å². The summed E-state index contributed by atoms with van der Waals surface area (Å²) in [6, 6.07) is 6.94. The molecule has 1 heterocycles. The maximum atomic E-state index is 12.2. The van der Waals surface area contributed by atoms with Crippen molar-refractivity contribution in [1.29, 1.82) is 0 Å². The number of Topliss-reactive ketones (excluding diaryl/α,β-unsaturated/α-hetero) is 1. The number of nitrogens with zero attached hydrogens (tertiary/aromatic N) is 1. The second-order valence-electron chi connectivity index (χ2n) is 5.63. The Morgan fingerprint density at radius 3 is 2.63 bits per heavy atom. The molecule has 0 aromatic heterocycles. The molecule has 0 bridgehead atoms. The van der Waals surface area contributed by atoms with Gasteiger partial charge in [0.15, 0.2) is 5.78 Å². The smallest absolute Gasteiger partial charge is 0.319 e. The number of hydrogen-bond acceptors (Lipinski definition) is 2. The van der Waals surface area contributed by atoms with Crippen LogP contribution in [0.3, 0.4) is 0 Å². The van der Waals surface area contributed by atoms with Crippen LogP contribution in [0.15, 0.2) is 24.3 Å². The lowest BCUT2D eigenvalue weighted by atomic mass is 10.0. The molecule has 4 heteroatoms. The van der Waals surface area contributed by atoms with Gasteiger partial charge in [0, 0.05) is 23.3 Å². The van der Waals surface area contributed by atoms with Crippen LogP contribution in [0.25, 0.3) is 0 Å². The first-order valence-electron chi connectivity index (χ1n) is 6.60. The van der Waals surface area contributed by atoms with E-state index in [1.807, 2.05) is 4.90 Å². The second-order valence-corrected chi connectivity index (χ2v) is 5.63. The van der Waals surface area contributed by atoms with Gasteiger partial charge in [-0.2, -0.15) is 0 Å². The zero-order valence-corrected chi connectivity index (χ0v) is 11.7. The molecule has 1 N–H and O–H groups in total. The summed E-state index contributed by atoms with van der Waals surface area (Å²) in [6.45, 7) is 6.45. The first-order chi connectivity index (χ1) is 8.90. The van der Waals surface area contributed by atoms with Gasteiger partial charge in [0.25, 0.3) is 0 Å². The average Bonchev–Trinajstić information content (AvgIpc) is 2.69. The fraction of sp³-hybridized carbons (Fsp3) is 0.467. The van der Waals surface area contributed by atoms with Crippen molar-refractivity contribution in [2.24, 2.45) is 0 Å². The lowest BCUT2D eigenvalue weighted by molar-refractivity contribution is 0.101. The van der Waals surface area contributed by atoms with E-state index in [2.05, 4.69) is 19.2 Å². The Morgan fingerprint density at radius 1 is 1.32 bits per heavy atom. The highest BCUT2D eigenvalue weighted by atomic mass is 16.2. The highest BCUT2D eigenvalue weighted by Gasteiger charge is 2.35. The van der Waals surface area contributed by atoms with Crippen LogP contribution >= 0.6 is 0 Å². The largest absolute Gasteiger partial charge is 0.322 e. The number of nitrogens with one attached hydrogen (secondary N) is 1. The molecule has 1 aliphatic heterocycles. The Labute approximate surface area is 113 Å². The predicted molar refractivity (Wildman–Crippen MR) is 75.5 cm³/mol. The van der Waals surface area contributed by atoms with Crippen molar-refractivity contribution in [3.63, 3.8) is 0 Å². The third-order valence-corrected chi connectivity index (χ3v) is 3.67. The minimum atomic E-state index is -0.0950. The number of rotatable bonds is 2. The normalized spacial score (nSPS) is 17.3. The topological polar surface area (TPSA) is 49.4 Å². The van der Waals surface area contributed by atoms with Crippen molar-refractivity contribution < 1.29 is 9.59 Å². The zero-order valence-electron chi connectivity index (χ0n) is 11.7. The summed E-state index contributed by atoms with van der Waals surface area (Å²) in [6.07, 6.45) is 2.06. The van der Waals surface area contributed by atoms with Crippen molar-refractivity contribution in [1.82, 2.24) is 4.90 Å². The van der Waals surface area contributed by atoms with Crippen LogP contribution in [-0.2, 0) is 0 Å². The number of amides is 2. The summed E-state index contributed by atoms with van der Waals surface area (Å²) < 4.78 is 0. The molecule has 0 saturated carbocycles. The Balaban J connectivity index is 2.11. The lowest BCUT2D eigenvalue weighted by Crippen LogP contribution is -2.44. The van der Waals surface area contributed by atoms with Crippen LogP contribution in [0.2, 0.25) is 0 Å². The van der Waals surface area contributed by atoms with Crippen LogP contribution in [0.4, 0.5) is 10.5 Å². The maximum Gasteiger partial charge on any atom is 0.322 e. The van der Waals surface area contributed by atoms with Gasteiger partial charge in [-0.25, -0.2) is 4.79 Å². The summed E-state index contributed by atoms with van der Waals surface area (Å²) in [7, 11) is 0. The number of ketones is 1. The molecule has 0 radical (unpaired) electrons. The fourth-order valence-electron chi connectivity index (χ4n) is 2.49. The molecule has 1 aliphatic rings. The molecule has 0 unspecified atom stereocenters. The molecule has 19 heavy (non-hydrogen) atoms. The molecule has 0 aliphatic carbocycles. The number of carbonyl (C=O) groups is 2. The molecule has 1 aromatic carbocycles. The zero-order chi connectivity index (χ0) is 14.0. The number of likely N-dealkylation sites (tertiary alicyclic amines) is 1. The Kier molecular flexibility index (Phi) is 3.60. The standard InChI is InChI=1S/C15H20N2O2/c1-11(18)12-6-4-7-13(10-12)16-14(19)17-9-5-8-15(17,2)3/h4,6-7,10H,5,8-9H2,1-3H3,(H,16,19). The Morgan fingerprint density at radius 2 is 2.05 bits per heavy atom. The molecule has 0 spiro atoms. The van der Waals surface area contributed by atoms with Gasteiger partial charge >= 0.3 is 6.03 Å². The van der Waals surface area contributed by atoms with Crippen molar-refractivity contribution >= 4 is 17.5 Å². The molecule has 1 fully saturated rings. The second kappa shape index (κ2) is 5.03. The highest BCUT2D eigenvalue weighted by molar-refractivity contribution is 5.96. The summed E-state index contributed by atoms with van der Waals surface area (Å²) >= 11 is 0. The number of anilines is 1. The molecular weight excluding hydrogens is 240 g/mol. The van der Waals surface area contributed by atoms with Crippen molar-refractivity contribution in [2.45, 2.75) is 39.2 Å². The summed E-state index contributed by atoms with van der Waals surface area (Å²) in [5.41, 5.74) is 1.18. The Bertz CT molecular complexity index is 509. The van der Waals surface area contributed by atoms with Gasteiger partial charge in [0.05, 0.1) is 0 Å². The van der Waals surface area contributed by atoms with E-state index >= 15 is 0 Å². The minimum absolute atomic E-state index is 0.00222. The third kappa shape index (κ3) is 2.95. The maximum absolute atomic E-state index is 12.2. The average molecular weight is 260 g/mol. The number of benzene rings is 1. The van der Waals surface area contributed by atoms with Crippen LogP contribution in [0, 0.1) is 0 Å². The van der Waals surface area contributed by atoms with Gasteiger partial charge in [0.1, 0.15) is 0 Å². The third-order valence-electron chi connectivity index (χ3n) is 3.67. The van der Waals surface area contributed by atoms with Crippen LogP contribution in [-0.4, -0.2) is 28.8 Å². The van der Waals surface area contributed by atoms with E-state index in [4.69, 9.17) is 0 Å². The van der Waals surface area contributed by atoms with Crippen LogP contribution in [0.5, 0.6) is 0 Å². The van der Waals surface area contributed by atoms with E-state index in [9.17, 15) is 9.59 Å². The summed E-state index contributed by atoms with van der Waals surface area (Å²) in [5.74, 6) is -0.00222. The molecule has 1 aromatic rings. The lowest BCUT2D eigenvalue weighted by Gasteiger charge is -2.31. The SMILES string of the molecule is CC(=O)c1cccc(NC(=O)N2CCCC2(C)C)c1. The molecule has 2 rings (SSSR count). The van der Waals surface area contributed by atoms with Gasteiger partial charge in [-0.15, -0.1) is 0 Å². The fourth-order valence-corrected chi connectivity index (χ4v) is 2.49. The molecule has 102 valence electrons. The minimum Gasteiger partial charge on any atom is -0.319 e. The Hall–Kier alpha value is -1.84. The molecule has 4 nitrogen and oxygen atoms in total. The quantitative estimate of drug-likeness (QED) is 0.829. The number of carbonyl (C=O) groups excluding carboxylic acids is 2. The molecular formula is C15H20N2O2. The predicted octanol–water partition coefficient (Wildman–Crippen LogP) is 3.30. The molecule has 2 amide bonds. The van der Waals surface area contributed by atoms with Gasteiger partial charge in [-0.1, -0.05) is 12.1 Å². The number of hydrogen-bond donors (Lipinski definition) is 1. The van der Waals surface area contributed by atoms with E-state index < -0.39 is 0 Å². The van der Waals surface area contributed by atoms with Crippen molar-refractivity contribution in [2.75, 3.05) is 11.9 Å². The van der Waals surface area contributed by atoms with Gasteiger partial charge in [-0.3, -0.25) is 4.79 Å². The van der Waals surface area contributed by atoms with E-state index in [0.29, 0.717) is 11.3 Å². The van der Waals surface area contributed by atoms with Crippen molar-refractivity contribution in [3.8, 4) is 0 Å².